The van der Waals surface area contributed by atoms with Gasteiger partial charge < -0.3 is 5.73 Å². The van der Waals surface area contributed by atoms with E-state index in [0.717, 1.165) is 5.69 Å². The van der Waals surface area contributed by atoms with E-state index in [9.17, 15) is 0 Å². The van der Waals surface area contributed by atoms with Gasteiger partial charge in [0.05, 0.1) is 13.8 Å². The molecule has 12 heavy (non-hydrogen) atoms. The fraction of sp³-hybridized carbons (Fsp3) is 0.364. The standard InChI is InChI=1S/C7H9N.C2H6.C2H5/c1-6-2-4-7(8)5-3-6;2*1-2/h2-5H,8H2,1H3;1-2H3;1H2,2H3/q;;+1. The lowest BCUT2D eigenvalue weighted by Crippen LogP contribution is -1.81. The van der Waals surface area contributed by atoms with Crippen molar-refractivity contribution in [2.24, 2.45) is 0 Å². The molecule has 1 nitrogen and oxygen atoms in total. The molecule has 0 spiro atoms. The lowest BCUT2D eigenvalue weighted by atomic mass is 10.2. The van der Waals surface area contributed by atoms with Crippen LogP contribution in [0.2, 0.25) is 0 Å². The summed E-state index contributed by atoms with van der Waals surface area (Å²) in [6, 6.07) is 7.79. The fourth-order valence-electron chi connectivity index (χ4n) is 0.566. The van der Waals surface area contributed by atoms with Crippen molar-refractivity contribution in [3.63, 3.8) is 0 Å². The van der Waals surface area contributed by atoms with Gasteiger partial charge in [0, 0.05) is 5.69 Å². The highest BCUT2D eigenvalue weighted by Gasteiger charge is 1.80. The quantitative estimate of drug-likeness (QED) is 0.463. The maximum atomic E-state index is 5.43. The average molecular weight is 166 g/mol. The molecule has 0 radical (unpaired) electrons. The van der Waals surface area contributed by atoms with Gasteiger partial charge in [0.1, 0.15) is 0 Å². The molecule has 1 rings (SSSR count). The van der Waals surface area contributed by atoms with Crippen LogP contribution in [0, 0.1) is 13.8 Å². The molecule has 1 aromatic rings. The zero-order chi connectivity index (χ0) is 9.98. The summed E-state index contributed by atoms with van der Waals surface area (Å²) in [6.45, 7) is 11.0. The topological polar surface area (TPSA) is 26.0 Å². The number of rotatable bonds is 0. The summed E-state index contributed by atoms with van der Waals surface area (Å²) in [5, 5.41) is 0. The molecule has 0 fully saturated rings. The Balaban J connectivity index is 0. The van der Waals surface area contributed by atoms with Crippen LogP contribution in [-0.4, -0.2) is 0 Å². The van der Waals surface area contributed by atoms with Gasteiger partial charge in [-0.15, -0.1) is 0 Å². The average Bonchev–Trinajstić information content (AvgIpc) is 2.17. The van der Waals surface area contributed by atoms with Gasteiger partial charge in [0.25, 0.3) is 0 Å². The molecule has 1 aromatic carbocycles. The highest BCUT2D eigenvalue weighted by Crippen LogP contribution is 2.02. The summed E-state index contributed by atoms with van der Waals surface area (Å²) in [4.78, 5) is 0. The Hall–Kier alpha value is -1.11. The molecule has 0 heterocycles. The first-order valence-electron chi connectivity index (χ1n) is 4.32. The number of hydrogen-bond acceptors (Lipinski definition) is 1. The van der Waals surface area contributed by atoms with Gasteiger partial charge in [-0.3, -0.25) is 0 Å². The van der Waals surface area contributed by atoms with Gasteiger partial charge >= 0.3 is 0 Å². The Morgan fingerprint density at radius 3 is 1.58 bits per heavy atom. The number of nitrogen functional groups attached to an aromatic ring is 1. The first-order valence-corrected chi connectivity index (χ1v) is 4.32. The van der Waals surface area contributed by atoms with E-state index in [1.807, 2.05) is 45.0 Å². The van der Waals surface area contributed by atoms with Crippen molar-refractivity contribution in [1.82, 2.24) is 0 Å². The minimum absolute atomic E-state index is 0.829. The third-order valence-corrected chi connectivity index (χ3v) is 1.08. The summed E-state index contributed by atoms with van der Waals surface area (Å²) in [5.74, 6) is 0. The molecule has 0 aliphatic rings. The second kappa shape index (κ2) is 9.89. The Morgan fingerprint density at radius 1 is 1.00 bits per heavy atom. The molecular weight excluding hydrogens is 146 g/mol. The molecule has 2 N–H and O–H groups in total. The van der Waals surface area contributed by atoms with Crippen LogP contribution >= 0.6 is 0 Å². The van der Waals surface area contributed by atoms with Crippen molar-refractivity contribution in [3.8, 4) is 0 Å². The number of hydrogen-bond donors (Lipinski definition) is 1. The van der Waals surface area contributed by atoms with Crippen LogP contribution in [0.3, 0.4) is 0 Å². The van der Waals surface area contributed by atoms with E-state index in [2.05, 4.69) is 6.92 Å². The second-order valence-corrected chi connectivity index (χ2v) is 1.91. The number of benzene rings is 1. The molecule has 0 amide bonds. The minimum Gasteiger partial charge on any atom is -0.399 e. The summed E-state index contributed by atoms with van der Waals surface area (Å²) < 4.78 is 0. The van der Waals surface area contributed by atoms with Crippen LogP contribution in [-0.2, 0) is 0 Å². The normalized spacial score (nSPS) is 7.00. The van der Waals surface area contributed by atoms with E-state index >= 15 is 0 Å². The molecule has 0 bridgehead atoms. The van der Waals surface area contributed by atoms with E-state index < -0.39 is 0 Å². The van der Waals surface area contributed by atoms with Crippen LogP contribution < -0.4 is 5.73 Å². The van der Waals surface area contributed by atoms with Crippen LogP contribution in [0.15, 0.2) is 24.3 Å². The van der Waals surface area contributed by atoms with Crippen molar-refractivity contribution < 1.29 is 0 Å². The molecule has 0 aromatic heterocycles. The smallest absolute Gasteiger partial charge is 0.0746 e. The Bertz CT molecular complexity index is 144. The predicted octanol–water partition coefficient (Wildman–Crippen LogP) is 3.44. The molecule has 0 saturated carbocycles. The summed E-state index contributed by atoms with van der Waals surface area (Å²) in [5.41, 5.74) is 7.51. The third-order valence-electron chi connectivity index (χ3n) is 1.08. The zero-order valence-corrected chi connectivity index (χ0v) is 8.59. The monoisotopic (exact) mass is 166 g/mol. The van der Waals surface area contributed by atoms with Crippen molar-refractivity contribution in [2.75, 3.05) is 5.73 Å². The largest absolute Gasteiger partial charge is 0.399 e. The van der Waals surface area contributed by atoms with E-state index in [-0.39, 0.29) is 0 Å². The van der Waals surface area contributed by atoms with E-state index in [1.165, 1.54) is 5.56 Å². The SMILES string of the molecule is CC.Cc1ccc(N)cc1.[CH2+]C. The highest BCUT2D eigenvalue weighted by atomic mass is 14.5. The number of nitrogens with two attached hydrogens (primary N) is 1. The lowest BCUT2D eigenvalue weighted by Gasteiger charge is -1.90. The Morgan fingerprint density at radius 2 is 1.33 bits per heavy atom. The zero-order valence-electron chi connectivity index (χ0n) is 8.59. The van der Waals surface area contributed by atoms with Gasteiger partial charge in [-0.1, -0.05) is 31.5 Å². The van der Waals surface area contributed by atoms with Crippen LogP contribution in [0.1, 0.15) is 26.3 Å². The maximum absolute atomic E-state index is 5.43. The first-order chi connectivity index (χ1) is 5.79. The van der Waals surface area contributed by atoms with Gasteiger partial charge in [0.15, 0.2) is 0 Å². The molecule has 0 aliphatic heterocycles. The Kier molecular flexibility index (Phi) is 11.1. The molecular formula is C11H20N+. The van der Waals surface area contributed by atoms with Gasteiger partial charge in [-0.25, -0.2) is 0 Å². The van der Waals surface area contributed by atoms with Crippen molar-refractivity contribution >= 4 is 5.69 Å². The predicted molar refractivity (Wildman–Crippen MR) is 58.0 cm³/mol. The molecule has 0 unspecified atom stereocenters. The van der Waals surface area contributed by atoms with Crippen LogP contribution in [0.25, 0.3) is 0 Å². The Labute approximate surface area is 76.6 Å². The summed E-state index contributed by atoms with van der Waals surface area (Å²) in [7, 11) is 0. The van der Waals surface area contributed by atoms with E-state index in [0.29, 0.717) is 0 Å². The van der Waals surface area contributed by atoms with Gasteiger partial charge in [-0.05, 0) is 19.1 Å². The fourth-order valence-corrected chi connectivity index (χ4v) is 0.566. The molecule has 68 valence electrons. The summed E-state index contributed by atoms with van der Waals surface area (Å²) >= 11 is 0. The first kappa shape index (κ1) is 13.5. The number of aryl methyl sites for hydroxylation is 1. The van der Waals surface area contributed by atoms with Crippen LogP contribution in [0.5, 0.6) is 0 Å². The maximum Gasteiger partial charge on any atom is 0.0746 e. The van der Waals surface area contributed by atoms with Crippen molar-refractivity contribution in [3.05, 3.63) is 36.8 Å². The lowest BCUT2D eigenvalue weighted by molar-refractivity contribution is 1.47. The third kappa shape index (κ3) is 7.00. The van der Waals surface area contributed by atoms with Crippen molar-refractivity contribution in [2.45, 2.75) is 27.7 Å². The minimum atomic E-state index is 0.829. The number of anilines is 1. The van der Waals surface area contributed by atoms with Gasteiger partial charge in [-0.2, -0.15) is 0 Å². The van der Waals surface area contributed by atoms with Crippen molar-refractivity contribution in [1.29, 1.82) is 0 Å². The van der Waals surface area contributed by atoms with E-state index in [4.69, 9.17) is 5.73 Å². The molecule has 0 saturated heterocycles. The summed E-state index contributed by atoms with van der Waals surface area (Å²) in [6.07, 6.45) is 0. The molecule has 0 aliphatic carbocycles. The molecule has 1 heteroatoms. The van der Waals surface area contributed by atoms with Crippen LogP contribution in [0.4, 0.5) is 5.69 Å². The molecule has 0 atom stereocenters. The highest BCUT2D eigenvalue weighted by molar-refractivity contribution is 5.38. The second-order valence-electron chi connectivity index (χ2n) is 1.91. The van der Waals surface area contributed by atoms with E-state index in [1.54, 1.807) is 6.92 Å². The van der Waals surface area contributed by atoms with Gasteiger partial charge in [0.2, 0.25) is 0 Å².